The van der Waals surface area contributed by atoms with E-state index in [1.54, 1.807) is 0 Å². The summed E-state index contributed by atoms with van der Waals surface area (Å²) in [7, 11) is 0. The van der Waals surface area contributed by atoms with Crippen molar-refractivity contribution >= 4 is 17.7 Å². The number of morpholine rings is 1. The largest absolute Gasteiger partial charge is 0.390 e. The van der Waals surface area contributed by atoms with Crippen LogP contribution in [0, 0.1) is 0 Å². The molecule has 0 bridgehead atoms. The van der Waals surface area contributed by atoms with E-state index in [2.05, 4.69) is 10.3 Å². The monoisotopic (exact) mass is 355 g/mol. The molecule has 1 fully saturated rings. The molecule has 0 saturated carbocycles. The Labute approximate surface area is 154 Å². The third-order valence-corrected chi connectivity index (χ3v) is 4.38. The number of nitrogens with zero attached hydrogens (tertiary/aromatic N) is 2. The van der Waals surface area contributed by atoms with Crippen LogP contribution in [0.3, 0.4) is 0 Å². The van der Waals surface area contributed by atoms with E-state index in [1.165, 1.54) is 0 Å². The van der Waals surface area contributed by atoms with Crippen LogP contribution in [0.15, 0.2) is 60.7 Å². The number of aldehydes is 1. The Morgan fingerprint density at radius 3 is 2.35 bits per heavy atom. The lowest BCUT2D eigenvalue weighted by molar-refractivity contribution is -0.121. The summed E-state index contributed by atoms with van der Waals surface area (Å²) in [4.78, 5) is 13.2. The van der Waals surface area contributed by atoms with Crippen molar-refractivity contribution in [3.8, 4) is 0 Å². The van der Waals surface area contributed by atoms with Crippen LogP contribution in [0.2, 0.25) is 0 Å². The zero-order valence-electron chi connectivity index (χ0n) is 14.7. The minimum atomic E-state index is -0.606. The summed E-state index contributed by atoms with van der Waals surface area (Å²) in [6, 6.07) is 19.7. The lowest BCUT2D eigenvalue weighted by Gasteiger charge is -2.34. The van der Waals surface area contributed by atoms with Crippen LogP contribution in [-0.4, -0.2) is 61.4 Å². The fraction of sp³-hybridized carbons (Fsp3) is 0.350. The van der Waals surface area contributed by atoms with Crippen LogP contribution in [-0.2, 0) is 9.53 Å². The molecule has 2 unspecified atom stereocenters. The Morgan fingerprint density at radius 2 is 1.77 bits per heavy atom. The maximum Gasteiger partial charge on any atom is 0.140 e. The van der Waals surface area contributed by atoms with E-state index in [-0.39, 0.29) is 6.04 Å². The maximum absolute atomic E-state index is 11.1. The number of para-hydroxylation sites is 2. The average molecular weight is 355 g/mol. The number of benzene rings is 2. The summed E-state index contributed by atoms with van der Waals surface area (Å²) >= 11 is 0. The molecule has 26 heavy (non-hydrogen) atoms. The predicted molar refractivity (Wildman–Crippen MR) is 101 cm³/mol. The Morgan fingerprint density at radius 1 is 1.15 bits per heavy atom. The third kappa shape index (κ3) is 4.89. The first kappa shape index (κ1) is 18.5. The van der Waals surface area contributed by atoms with Crippen molar-refractivity contribution in [3.63, 3.8) is 0 Å². The lowest BCUT2D eigenvalue weighted by Crippen LogP contribution is -2.55. The van der Waals surface area contributed by atoms with Crippen molar-refractivity contribution in [3.05, 3.63) is 60.7 Å². The van der Waals surface area contributed by atoms with E-state index < -0.39 is 6.10 Å². The van der Waals surface area contributed by atoms with Crippen LogP contribution < -0.4 is 10.3 Å². The first-order valence-corrected chi connectivity index (χ1v) is 8.87. The fourth-order valence-corrected chi connectivity index (χ4v) is 3.01. The molecule has 2 aromatic rings. The number of aliphatic hydroxyl groups is 1. The van der Waals surface area contributed by atoms with Gasteiger partial charge in [-0.25, -0.2) is 5.01 Å². The van der Waals surface area contributed by atoms with Crippen molar-refractivity contribution in [1.82, 2.24) is 10.4 Å². The number of aliphatic hydroxyl groups excluding tert-OH is 1. The minimum Gasteiger partial charge on any atom is -0.390 e. The number of anilines is 2. The van der Waals surface area contributed by atoms with Crippen molar-refractivity contribution in [1.29, 1.82) is 0 Å². The van der Waals surface area contributed by atoms with Gasteiger partial charge >= 0.3 is 0 Å². The zero-order chi connectivity index (χ0) is 18.2. The van der Waals surface area contributed by atoms with Crippen molar-refractivity contribution in [2.24, 2.45) is 0 Å². The number of nitrogens with one attached hydrogen (secondary N) is 1. The predicted octanol–water partition coefficient (Wildman–Crippen LogP) is 1.59. The van der Waals surface area contributed by atoms with E-state index in [9.17, 15) is 9.90 Å². The van der Waals surface area contributed by atoms with E-state index in [0.717, 1.165) is 17.7 Å². The molecule has 1 saturated heterocycles. The molecule has 1 aliphatic heterocycles. The first-order valence-electron chi connectivity index (χ1n) is 8.87. The minimum absolute atomic E-state index is 0.310. The summed E-state index contributed by atoms with van der Waals surface area (Å²) in [5.41, 5.74) is 5.22. The van der Waals surface area contributed by atoms with E-state index in [1.807, 2.05) is 65.7 Å². The summed E-state index contributed by atoms with van der Waals surface area (Å²) in [6.07, 6.45) is 0.268. The molecule has 0 aromatic heterocycles. The third-order valence-electron chi connectivity index (χ3n) is 4.38. The molecule has 138 valence electrons. The number of hydrogen-bond acceptors (Lipinski definition) is 6. The van der Waals surface area contributed by atoms with Crippen LogP contribution >= 0.6 is 0 Å². The van der Waals surface area contributed by atoms with Gasteiger partial charge in [-0.3, -0.25) is 5.43 Å². The molecule has 2 aromatic carbocycles. The normalized spacial score (nSPS) is 19.0. The standard InChI is InChI=1S/C20H25N3O3/c24-15-19-16-26-12-11-23(19)21-13-20(25)14-22(17-7-3-1-4-8-17)18-9-5-2-6-10-18/h1-10,15,19-21,25H,11-14,16H2. The molecular formula is C20H25N3O3. The molecule has 1 aliphatic rings. The smallest absolute Gasteiger partial charge is 0.140 e. The average Bonchev–Trinajstić information content (AvgIpc) is 2.72. The Balaban J connectivity index is 1.64. The van der Waals surface area contributed by atoms with E-state index >= 15 is 0 Å². The highest BCUT2D eigenvalue weighted by Crippen LogP contribution is 2.24. The van der Waals surface area contributed by atoms with Gasteiger partial charge in [-0.2, -0.15) is 0 Å². The van der Waals surface area contributed by atoms with Crippen molar-refractivity contribution < 1.29 is 14.6 Å². The van der Waals surface area contributed by atoms with Crippen LogP contribution in [0.1, 0.15) is 0 Å². The molecule has 2 N–H and O–H groups in total. The highest BCUT2D eigenvalue weighted by atomic mass is 16.5. The van der Waals surface area contributed by atoms with Gasteiger partial charge < -0.3 is 19.5 Å². The fourth-order valence-electron chi connectivity index (χ4n) is 3.01. The highest BCUT2D eigenvalue weighted by molar-refractivity contribution is 5.63. The SMILES string of the molecule is O=CC1COCCN1NCC(O)CN(c1ccccc1)c1ccccc1. The highest BCUT2D eigenvalue weighted by Gasteiger charge is 2.23. The van der Waals surface area contributed by atoms with E-state index in [4.69, 9.17) is 4.74 Å². The number of carbonyl (C=O) groups is 1. The second-order valence-electron chi connectivity index (χ2n) is 6.27. The Bertz CT molecular complexity index is 629. The van der Waals surface area contributed by atoms with Gasteiger partial charge in [-0.1, -0.05) is 36.4 Å². The van der Waals surface area contributed by atoms with Gasteiger partial charge in [0, 0.05) is 24.5 Å². The van der Waals surface area contributed by atoms with Crippen LogP contribution in [0.25, 0.3) is 0 Å². The number of ether oxygens (including phenoxy) is 1. The van der Waals surface area contributed by atoms with Crippen LogP contribution in [0.5, 0.6) is 0 Å². The molecule has 0 radical (unpaired) electrons. The zero-order valence-corrected chi connectivity index (χ0v) is 14.7. The van der Waals surface area contributed by atoms with Gasteiger partial charge in [-0.05, 0) is 24.3 Å². The summed E-state index contributed by atoms with van der Waals surface area (Å²) in [5.74, 6) is 0. The number of hydrogen-bond donors (Lipinski definition) is 2. The number of hydrazine groups is 1. The second kappa shape index (κ2) is 9.45. The molecule has 0 spiro atoms. The molecular weight excluding hydrogens is 330 g/mol. The molecule has 6 nitrogen and oxygen atoms in total. The molecule has 2 atom stereocenters. The molecule has 1 heterocycles. The number of rotatable bonds is 8. The maximum atomic E-state index is 11.1. The van der Waals surface area contributed by atoms with Crippen molar-refractivity contribution in [2.75, 3.05) is 37.7 Å². The molecule has 3 rings (SSSR count). The van der Waals surface area contributed by atoms with E-state index in [0.29, 0.717) is 32.8 Å². The summed E-state index contributed by atoms with van der Waals surface area (Å²) in [5, 5.41) is 12.4. The van der Waals surface area contributed by atoms with Gasteiger partial charge in [0.25, 0.3) is 0 Å². The summed E-state index contributed by atoms with van der Waals surface area (Å²) < 4.78 is 5.31. The second-order valence-corrected chi connectivity index (χ2v) is 6.27. The van der Waals surface area contributed by atoms with Gasteiger partial charge in [0.2, 0.25) is 0 Å². The number of carbonyl (C=O) groups excluding carboxylic acids is 1. The van der Waals surface area contributed by atoms with Crippen LogP contribution in [0.4, 0.5) is 11.4 Å². The van der Waals surface area contributed by atoms with Gasteiger partial charge in [-0.15, -0.1) is 0 Å². The van der Waals surface area contributed by atoms with Gasteiger partial charge in [0.05, 0.1) is 25.9 Å². The van der Waals surface area contributed by atoms with Gasteiger partial charge in [0.1, 0.15) is 12.3 Å². The lowest BCUT2D eigenvalue weighted by atomic mass is 10.2. The topological polar surface area (TPSA) is 65.0 Å². The van der Waals surface area contributed by atoms with Gasteiger partial charge in [0.15, 0.2) is 0 Å². The molecule has 6 heteroatoms. The summed E-state index contributed by atoms with van der Waals surface area (Å²) in [6.45, 7) is 2.38. The quantitative estimate of drug-likeness (QED) is 0.701. The Hall–Kier alpha value is -2.25. The molecule has 0 amide bonds. The molecule has 0 aliphatic carbocycles. The van der Waals surface area contributed by atoms with Crippen molar-refractivity contribution in [2.45, 2.75) is 12.1 Å². The Kier molecular flexibility index (Phi) is 6.74. The first-order chi connectivity index (χ1) is 12.8.